The van der Waals surface area contributed by atoms with E-state index in [1.54, 1.807) is 37.7 Å². The van der Waals surface area contributed by atoms with E-state index in [0.717, 1.165) is 71.2 Å². The number of amides is 3. The largest absolute Gasteiger partial charge is 0.441 e. The summed E-state index contributed by atoms with van der Waals surface area (Å²) in [4.78, 5) is 45.9. The molecule has 0 aliphatic carbocycles. The first-order valence-corrected chi connectivity index (χ1v) is 19.8. The monoisotopic (exact) mass is 788 g/mol. The van der Waals surface area contributed by atoms with Crippen molar-refractivity contribution in [3.05, 3.63) is 93.9 Å². The minimum Gasteiger partial charge on any atom is -0.441 e. The van der Waals surface area contributed by atoms with Gasteiger partial charge in [0, 0.05) is 61.8 Å². The first-order valence-electron chi connectivity index (χ1n) is 18.1. The molecule has 14 heteroatoms. The van der Waals surface area contributed by atoms with E-state index in [4.69, 9.17) is 4.42 Å². The maximum Gasteiger partial charge on any atom is 0.236 e. The smallest absolute Gasteiger partial charge is 0.236 e. The summed E-state index contributed by atoms with van der Waals surface area (Å²) in [6.45, 7) is 15.5. The van der Waals surface area contributed by atoms with Gasteiger partial charge in [-0.25, -0.2) is 4.98 Å². The number of hydrogen-bond donors (Lipinski definition) is 0. The van der Waals surface area contributed by atoms with E-state index in [-0.39, 0.29) is 17.7 Å². The molecule has 288 valence electrons. The second-order valence-corrected chi connectivity index (χ2v) is 17.8. The highest BCUT2D eigenvalue weighted by atomic mass is 32.1. The van der Waals surface area contributed by atoms with Gasteiger partial charge in [-0.3, -0.25) is 14.4 Å². The third kappa shape index (κ3) is 6.40. The SMILES string of the molecule is CN1C(=O)C(C)(C)c2ccc(-c3nncs3)cc21.Cc1ncc(-c2ccc3c(c2)N(C)C(=O)C3(C)C)o1.Cc1nnc(-c2ccc3c(c2)N(C)C(=O)C3(C)C)s1. The summed E-state index contributed by atoms with van der Waals surface area (Å²) in [5.41, 5.74) is 9.42. The van der Waals surface area contributed by atoms with Gasteiger partial charge in [0.1, 0.15) is 20.5 Å². The van der Waals surface area contributed by atoms with Crippen LogP contribution in [0, 0.1) is 13.8 Å². The molecule has 3 amide bonds. The van der Waals surface area contributed by atoms with Gasteiger partial charge in [-0.2, -0.15) is 0 Å². The number of rotatable bonds is 3. The predicted molar refractivity (Wildman–Crippen MR) is 221 cm³/mol. The third-order valence-corrected chi connectivity index (χ3v) is 12.5. The predicted octanol–water partition coefficient (Wildman–Crippen LogP) is 8.13. The van der Waals surface area contributed by atoms with Crippen LogP contribution in [0.25, 0.3) is 32.5 Å². The topological polar surface area (TPSA) is 139 Å². The molecule has 56 heavy (non-hydrogen) atoms. The van der Waals surface area contributed by atoms with Crippen LogP contribution < -0.4 is 14.7 Å². The van der Waals surface area contributed by atoms with Gasteiger partial charge in [0.15, 0.2) is 11.7 Å². The van der Waals surface area contributed by atoms with E-state index in [0.29, 0.717) is 5.89 Å². The summed E-state index contributed by atoms with van der Waals surface area (Å²) in [6.07, 6.45) is 1.71. The Bertz CT molecular complexity index is 2400. The van der Waals surface area contributed by atoms with Crippen LogP contribution in [0.15, 0.2) is 70.7 Å². The Hall–Kier alpha value is -5.60. The van der Waals surface area contributed by atoms with E-state index in [1.165, 1.54) is 11.3 Å². The van der Waals surface area contributed by atoms with Gasteiger partial charge >= 0.3 is 0 Å². The number of oxazole rings is 1. The number of aryl methyl sites for hydroxylation is 2. The van der Waals surface area contributed by atoms with Gasteiger partial charge in [0.25, 0.3) is 0 Å². The van der Waals surface area contributed by atoms with Crippen LogP contribution in [0.5, 0.6) is 0 Å². The molecule has 0 radical (unpaired) electrons. The van der Waals surface area contributed by atoms with Crippen LogP contribution >= 0.6 is 22.7 Å². The Balaban J connectivity index is 0.000000129. The van der Waals surface area contributed by atoms with Crippen LogP contribution in [-0.4, -0.2) is 64.2 Å². The number of likely N-dealkylation sites (N-methyl/N-ethyl adjacent to an activating group) is 3. The van der Waals surface area contributed by atoms with Crippen molar-refractivity contribution in [2.24, 2.45) is 0 Å². The number of carbonyl (C=O) groups excluding carboxylic acids is 3. The first-order chi connectivity index (χ1) is 26.3. The highest BCUT2D eigenvalue weighted by Gasteiger charge is 2.44. The molecule has 12 nitrogen and oxygen atoms in total. The lowest BCUT2D eigenvalue weighted by Crippen LogP contribution is -2.33. The standard InChI is InChI=1S/C15H16N2O2.C14H15N3OS.C13H13N3OS/c1-9-16-8-13(19-9)10-5-6-11-12(7-10)17(4)14(18)15(11,2)3;1-8-15-16-12(19-8)9-5-6-10-11(7-9)17(4)13(18)14(10,2)3;1-13(2)9-5-4-8(11-15-14-7-18-11)6-10(9)16(3)12(13)17/h5-8H,1-4H3;5-7H,1-4H3;4-7H,1-3H3. The van der Waals surface area contributed by atoms with Crippen molar-refractivity contribution < 1.29 is 18.8 Å². The Labute approximate surface area is 334 Å². The number of aromatic nitrogens is 5. The highest BCUT2D eigenvalue weighted by Crippen LogP contribution is 2.45. The molecule has 0 unspecified atom stereocenters. The van der Waals surface area contributed by atoms with Gasteiger partial charge in [0.05, 0.1) is 22.4 Å². The van der Waals surface area contributed by atoms with Crippen molar-refractivity contribution in [3.63, 3.8) is 0 Å². The third-order valence-electron chi connectivity index (χ3n) is 10.9. The molecular weight excluding hydrogens is 745 g/mol. The Kier molecular flexibility index (Phi) is 9.56. The van der Waals surface area contributed by atoms with Crippen molar-refractivity contribution in [2.45, 2.75) is 71.6 Å². The number of nitrogens with zero attached hydrogens (tertiary/aromatic N) is 8. The summed E-state index contributed by atoms with van der Waals surface area (Å²) in [6, 6.07) is 18.1. The molecule has 0 saturated carbocycles. The first kappa shape index (κ1) is 38.7. The van der Waals surface area contributed by atoms with Crippen molar-refractivity contribution in [2.75, 3.05) is 35.8 Å². The lowest BCUT2D eigenvalue weighted by atomic mass is 9.86. The van der Waals surface area contributed by atoms with E-state index >= 15 is 0 Å². The van der Waals surface area contributed by atoms with Crippen molar-refractivity contribution in [1.29, 1.82) is 0 Å². The van der Waals surface area contributed by atoms with Crippen LogP contribution in [0.1, 0.15) is 69.1 Å². The molecule has 9 rings (SSSR count). The van der Waals surface area contributed by atoms with Crippen molar-refractivity contribution in [3.8, 4) is 32.5 Å². The Morgan fingerprint density at radius 1 is 0.589 bits per heavy atom. The zero-order valence-electron chi connectivity index (χ0n) is 33.4. The lowest BCUT2D eigenvalue weighted by Gasteiger charge is -2.16. The molecule has 3 aromatic heterocycles. The fraction of sp³-hybridized carbons (Fsp3) is 0.333. The molecule has 0 spiro atoms. The van der Waals surface area contributed by atoms with E-state index in [2.05, 4.69) is 25.4 Å². The average Bonchev–Trinajstić information content (AvgIpc) is 4.03. The molecule has 0 bridgehead atoms. The molecule has 3 aromatic carbocycles. The molecular formula is C42H44N8O4S2. The second kappa shape index (κ2) is 13.9. The Morgan fingerprint density at radius 3 is 1.43 bits per heavy atom. The minimum atomic E-state index is -0.458. The molecule has 3 aliphatic heterocycles. The number of benzene rings is 3. The van der Waals surface area contributed by atoms with Crippen molar-refractivity contribution >= 4 is 57.5 Å². The lowest BCUT2D eigenvalue weighted by molar-refractivity contribution is -0.122. The van der Waals surface area contributed by atoms with Crippen LogP contribution in [-0.2, 0) is 30.6 Å². The fourth-order valence-electron chi connectivity index (χ4n) is 7.57. The summed E-state index contributed by atoms with van der Waals surface area (Å²) in [5, 5.41) is 18.8. The quantitative estimate of drug-likeness (QED) is 0.174. The molecule has 0 saturated heterocycles. The van der Waals surface area contributed by atoms with Crippen LogP contribution in [0.4, 0.5) is 17.1 Å². The van der Waals surface area contributed by atoms with Gasteiger partial charge in [-0.05, 0) is 83.4 Å². The summed E-state index contributed by atoms with van der Waals surface area (Å²) >= 11 is 3.06. The van der Waals surface area contributed by atoms with Gasteiger partial charge in [-0.1, -0.05) is 59.1 Å². The maximum atomic E-state index is 12.2. The summed E-state index contributed by atoms with van der Waals surface area (Å²) in [5.74, 6) is 1.75. The number of hydrogen-bond acceptors (Lipinski definition) is 11. The zero-order chi connectivity index (χ0) is 40.5. The van der Waals surface area contributed by atoms with Gasteiger partial charge in [0.2, 0.25) is 17.7 Å². The second-order valence-electron chi connectivity index (χ2n) is 15.8. The van der Waals surface area contributed by atoms with Crippen LogP contribution in [0.3, 0.4) is 0 Å². The van der Waals surface area contributed by atoms with E-state index < -0.39 is 16.2 Å². The fourth-order valence-corrected chi connectivity index (χ4v) is 8.81. The molecule has 3 aliphatic rings. The Morgan fingerprint density at radius 2 is 1.04 bits per heavy atom. The summed E-state index contributed by atoms with van der Waals surface area (Å²) in [7, 11) is 5.45. The van der Waals surface area contributed by atoms with Crippen LogP contribution in [0.2, 0.25) is 0 Å². The highest BCUT2D eigenvalue weighted by molar-refractivity contribution is 7.14. The van der Waals surface area contributed by atoms with E-state index in [9.17, 15) is 14.4 Å². The number of carbonyl (C=O) groups is 3. The molecule has 6 aromatic rings. The normalized spacial score (nSPS) is 16.9. The minimum absolute atomic E-state index is 0.119. The van der Waals surface area contributed by atoms with Crippen molar-refractivity contribution in [1.82, 2.24) is 25.4 Å². The van der Waals surface area contributed by atoms with Gasteiger partial charge in [-0.15, -0.1) is 20.4 Å². The molecule has 0 fully saturated rings. The maximum absolute atomic E-state index is 12.2. The van der Waals surface area contributed by atoms with E-state index in [1.807, 2.05) is 131 Å². The average molecular weight is 789 g/mol. The molecule has 0 atom stereocenters. The summed E-state index contributed by atoms with van der Waals surface area (Å²) < 4.78 is 5.53. The molecule has 6 heterocycles. The van der Waals surface area contributed by atoms with Gasteiger partial charge < -0.3 is 19.1 Å². The number of anilines is 3. The molecule has 0 N–H and O–H groups in total. The number of fused-ring (bicyclic) bond motifs is 3. The zero-order valence-corrected chi connectivity index (χ0v) is 35.0.